The van der Waals surface area contributed by atoms with Crippen molar-refractivity contribution >= 4 is 40.9 Å². The van der Waals surface area contributed by atoms with Crippen molar-refractivity contribution in [2.75, 3.05) is 24.2 Å². The lowest BCUT2D eigenvalue weighted by Crippen LogP contribution is -2.37. The standard InChI is InChI=1S/C22H25ClN2O2S/c1-16-10-12-25(13-11-16)22(27)18-4-2-17(3-5-18)14-28-15-21(26)24-20-8-6-19(23)7-9-20/h2-9,16H,10-15H2,1H3,(H,24,26). The van der Waals surface area contributed by atoms with Crippen LogP contribution in [0.2, 0.25) is 5.02 Å². The van der Waals surface area contributed by atoms with Crippen LogP contribution in [0.4, 0.5) is 5.69 Å². The van der Waals surface area contributed by atoms with Crippen LogP contribution in [0.15, 0.2) is 48.5 Å². The van der Waals surface area contributed by atoms with Crippen molar-refractivity contribution in [2.45, 2.75) is 25.5 Å². The van der Waals surface area contributed by atoms with Crippen molar-refractivity contribution in [1.82, 2.24) is 4.90 Å². The van der Waals surface area contributed by atoms with Crippen LogP contribution in [0.1, 0.15) is 35.7 Å². The lowest BCUT2D eigenvalue weighted by molar-refractivity contribution is -0.113. The maximum Gasteiger partial charge on any atom is 0.253 e. The summed E-state index contributed by atoms with van der Waals surface area (Å²) in [5.74, 6) is 1.88. The predicted molar refractivity (Wildman–Crippen MR) is 117 cm³/mol. The highest BCUT2D eigenvalue weighted by molar-refractivity contribution is 7.99. The number of halogens is 1. The smallest absolute Gasteiger partial charge is 0.253 e. The SMILES string of the molecule is CC1CCN(C(=O)c2ccc(CSCC(=O)Nc3ccc(Cl)cc3)cc2)CC1. The third kappa shape index (κ3) is 6.01. The number of benzene rings is 2. The Hall–Kier alpha value is -1.98. The molecule has 1 heterocycles. The van der Waals surface area contributed by atoms with Gasteiger partial charge in [-0.3, -0.25) is 9.59 Å². The molecule has 2 amide bonds. The van der Waals surface area contributed by atoms with Crippen molar-refractivity contribution in [3.05, 3.63) is 64.7 Å². The van der Waals surface area contributed by atoms with E-state index in [1.807, 2.05) is 29.2 Å². The van der Waals surface area contributed by atoms with Gasteiger partial charge in [0.25, 0.3) is 5.91 Å². The number of carbonyl (C=O) groups excluding carboxylic acids is 2. The van der Waals surface area contributed by atoms with E-state index in [-0.39, 0.29) is 11.8 Å². The van der Waals surface area contributed by atoms with E-state index in [1.165, 1.54) is 0 Å². The van der Waals surface area contributed by atoms with Crippen LogP contribution in [-0.2, 0) is 10.5 Å². The van der Waals surface area contributed by atoms with Gasteiger partial charge in [-0.1, -0.05) is 30.7 Å². The average Bonchev–Trinajstić information content (AvgIpc) is 2.70. The Kier molecular flexibility index (Phi) is 7.40. The molecule has 1 N–H and O–H groups in total. The van der Waals surface area contributed by atoms with Crippen molar-refractivity contribution in [3.63, 3.8) is 0 Å². The fraction of sp³-hybridized carbons (Fsp3) is 0.364. The molecule has 1 aliphatic rings. The van der Waals surface area contributed by atoms with Crippen LogP contribution in [-0.4, -0.2) is 35.6 Å². The number of amides is 2. The maximum absolute atomic E-state index is 12.6. The zero-order valence-electron chi connectivity index (χ0n) is 16.0. The number of hydrogen-bond acceptors (Lipinski definition) is 3. The minimum absolute atomic E-state index is 0.0431. The van der Waals surface area contributed by atoms with Gasteiger partial charge in [0.2, 0.25) is 5.91 Å². The molecule has 0 bridgehead atoms. The first-order valence-electron chi connectivity index (χ1n) is 9.52. The summed E-state index contributed by atoms with van der Waals surface area (Å²) < 4.78 is 0. The van der Waals surface area contributed by atoms with Crippen LogP contribution in [0.5, 0.6) is 0 Å². The van der Waals surface area contributed by atoms with Crippen molar-refractivity contribution < 1.29 is 9.59 Å². The van der Waals surface area contributed by atoms with Crippen LogP contribution >= 0.6 is 23.4 Å². The lowest BCUT2D eigenvalue weighted by Gasteiger charge is -2.30. The normalized spacial score (nSPS) is 14.7. The van der Waals surface area contributed by atoms with E-state index in [2.05, 4.69) is 12.2 Å². The highest BCUT2D eigenvalue weighted by Crippen LogP contribution is 2.20. The number of thioether (sulfide) groups is 1. The van der Waals surface area contributed by atoms with E-state index in [0.29, 0.717) is 16.7 Å². The minimum Gasteiger partial charge on any atom is -0.339 e. The second kappa shape index (κ2) is 9.99. The summed E-state index contributed by atoms with van der Waals surface area (Å²) in [6.45, 7) is 3.94. The summed E-state index contributed by atoms with van der Waals surface area (Å²) in [5.41, 5.74) is 2.59. The summed E-state index contributed by atoms with van der Waals surface area (Å²) in [7, 11) is 0. The van der Waals surface area contributed by atoms with Crippen molar-refractivity contribution in [1.29, 1.82) is 0 Å². The third-order valence-corrected chi connectivity index (χ3v) is 6.16. The molecule has 1 fully saturated rings. The zero-order valence-corrected chi connectivity index (χ0v) is 17.6. The average molecular weight is 417 g/mol. The number of piperidine rings is 1. The first-order valence-corrected chi connectivity index (χ1v) is 11.1. The van der Waals surface area contributed by atoms with Gasteiger partial charge in [0.05, 0.1) is 5.75 Å². The Labute approximate surface area is 175 Å². The molecule has 6 heteroatoms. The second-order valence-corrected chi connectivity index (χ2v) is 8.64. The second-order valence-electron chi connectivity index (χ2n) is 7.22. The number of nitrogens with one attached hydrogen (secondary N) is 1. The summed E-state index contributed by atoms with van der Waals surface area (Å²) in [6.07, 6.45) is 2.16. The van der Waals surface area contributed by atoms with Crippen LogP contribution in [0.25, 0.3) is 0 Å². The Bertz CT molecular complexity index is 800. The number of hydrogen-bond donors (Lipinski definition) is 1. The Balaban J connectivity index is 1.43. The van der Waals surface area contributed by atoms with Gasteiger partial charge in [0, 0.05) is 35.1 Å². The molecule has 0 aromatic heterocycles. The van der Waals surface area contributed by atoms with Crippen LogP contribution in [0.3, 0.4) is 0 Å². The van der Waals surface area contributed by atoms with E-state index in [0.717, 1.165) is 48.5 Å². The van der Waals surface area contributed by atoms with Gasteiger partial charge < -0.3 is 10.2 Å². The van der Waals surface area contributed by atoms with E-state index in [9.17, 15) is 9.59 Å². The molecule has 0 unspecified atom stereocenters. The fourth-order valence-electron chi connectivity index (χ4n) is 3.13. The maximum atomic E-state index is 12.6. The van der Waals surface area contributed by atoms with Gasteiger partial charge in [-0.05, 0) is 60.7 Å². The molecule has 0 radical (unpaired) electrons. The van der Waals surface area contributed by atoms with Crippen LogP contribution in [0, 0.1) is 5.92 Å². The Morgan fingerprint density at radius 3 is 2.36 bits per heavy atom. The van der Waals surface area contributed by atoms with Gasteiger partial charge in [-0.15, -0.1) is 11.8 Å². The number of rotatable bonds is 6. The molecule has 28 heavy (non-hydrogen) atoms. The topological polar surface area (TPSA) is 49.4 Å². The van der Waals surface area contributed by atoms with Gasteiger partial charge >= 0.3 is 0 Å². The molecule has 3 rings (SSSR count). The van der Waals surface area contributed by atoms with E-state index < -0.39 is 0 Å². The molecule has 0 aliphatic carbocycles. The molecule has 2 aromatic carbocycles. The molecule has 0 spiro atoms. The molecular weight excluding hydrogens is 392 g/mol. The fourth-order valence-corrected chi connectivity index (χ4v) is 4.04. The first kappa shape index (κ1) is 20.7. The van der Waals surface area contributed by atoms with E-state index in [4.69, 9.17) is 11.6 Å². The van der Waals surface area contributed by atoms with E-state index in [1.54, 1.807) is 36.0 Å². The molecule has 4 nitrogen and oxygen atoms in total. The zero-order chi connectivity index (χ0) is 19.9. The molecule has 1 saturated heterocycles. The van der Waals surface area contributed by atoms with Gasteiger partial charge in [0.1, 0.15) is 0 Å². The lowest BCUT2D eigenvalue weighted by atomic mass is 9.98. The Morgan fingerprint density at radius 1 is 1.07 bits per heavy atom. The monoisotopic (exact) mass is 416 g/mol. The third-order valence-electron chi connectivity index (χ3n) is 4.90. The van der Waals surface area contributed by atoms with Gasteiger partial charge in [-0.25, -0.2) is 0 Å². The summed E-state index contributed by atoms with van der Waals surface area (Å²) in [4.78, 5) is 26.5. The first-order chi connectivity index (χ1) is 13.5. The molecule has 148 valence electrons. The predicted octanol–water partition coefficient (Wildman–Crippen LogP) is 5.08. The Morgan fingerprint density at radius 2 is 1.71 bits per heavy atom. The molecule has 1 aliphatic heterocycles. The minimum atomic E-state index is -0.0431. The quantitative estimate of drug-likeness (QED) is 0.713. The van der Waals surface area contributed by atoms with Crippen molar-refractivity contribution in [3.8, 4) is 0 Å². The summed E-state index contributed by atoms with van der Waals surface area (Å²) in [5, 5.41) is 3.49. The number of carbonyl (C=O) groups is 2. The molecular formula is C22H25ClN2O2S. The largest absolute Gasteiger partial charge is 0.339 e. The van der Waals surface area contributed by atoms with Gasteiger partial charge in [0.15, 0.2) is 0 Å². The number of anilines is 1. The summed E-state index contributed by atoms with van der Waals surface area (Å²) in [6, 6.07) is 14.8. The highest BCUT2D eigenvalue weighted by atomic mass is 35.5. The molecule has 2 aromatic rings. The van der Waals surface area contributed by atoms with Crippen molar-refractivity contribution in [2.24, 2.45) is 5.92 Å². The van der Waals surface area contributed by atoms with E-state index >= 15 is 0 Å². The summed E-state index contributed by atoms with van der Waals surface area (Å²) >= 11 is 7.39. The van der Waals surface area contributed by atoms with Crippen LogP contribution < -0.4 is 5.32 Å². The van der Waals surface area contributed by atoms with Gasteiger partial charge in [-0.2, -0.15) is 0 Å². The molecule has 0 atom stereocenters. The highest BCUT2D eigenvalue weighted by Gasteiger charge is 2.21. The number of nitrogens with zero attached hydrogens (tertiary/aromatic N) is 1. The molecule has 0 saturated carbocycles. The number of likely N-dealkylation sites (tertiary alicyclic amines) is 1.